The first-order valence-corrected chi connectivity index (χ1v) is 5.38. The van der Waals surface area contributed by atoms with Gasteiger partial charge in [0.15, 0.2) is 5.12 Å². The maximum atomic E-state index is 11.3. The molecule has 1 aliphatic heterocycles. The second-order valence-corrected chi connectivity index (χ2v) is 4.92. The van der Waals surface area contributed by atoms with Crippen LogP contribution in [0.5, 0.6) is 0 Å². The zero-order valence-electron chi connectivity index (χ0n) is 8.65. The van der Waals surface area contributed by atoms with Gasteiger partial charge in [0.05, 0.1) is 7.11 Å². The summed E-state index contributed by atoms with van der Waals surface area (Å²) in [5.41, 5.74) is 0. The van der Waals surface area contributed by atoms with Gasteiger partial charge in [0.2, 0.25) is 0 Å². The number of carbonyl (C=O) groups excluding carboxylic acids is 2. The van der Waals surface area contributed by atoms with Crippen LogP contribution < -0.4 is 0 Å². The van der Waals surface area contributed by atoms with Crippen molar-refractivity contribution in [3.63, 3.8) is 0 Å². The van der Waals surface area contributed by atoms with Gasteiger partial charge in [-0.1, -0.05) is 11.8 Å². The fraction of sp³-hybridized carbons (Fsp3) is 0.778. The van der Waals surface area contributed by atoms with E-state index in [9.17, 15) is 9.59 Å². The molecular formula is C9H15NO3S. The molecule has 1 saturated heterocycles. The summed E-state index contributed by atoms with van der Waals surface area (Å²) in [6, 6.07) is -0.183. The fourth-order valence-electron chi connectivity index (χ4n) is 1.68. The highest BCUT2D eigenvalue weighted by Gasteiger charge is 2.35. The standard InChI is InChI=1S/C9H15NO3S/c1-6(11)14-7-4-8(9(12)13-3)10(2)5-7/h7-8H,4-5H2,1-3H3/t7-,8-/m0/s1. The van der Waals surface area contributed by atoms with E-state index in [4.69, 9.17) is 0 Å². The Hall–Kier alpha value is -0.550. The smallest absolute Gasteiger partial charge is 0.323 e. The lowest BCUT2D eigenvalue weighted by Gasteiger charge is -2.15. The van der Waals surface area contributed by atoms with Gasteiger partial charge >= 0.3 is 5.97 Å². The Morgan fingerprint density at radius 3 is 2.64 bits per heavy atom. The molecule has 0 bridgehead atoms. The van der Waals surface area contributed by atoms with E-state index in [2.05, 4.69) is 4.74 Å². The van der Waals surface area contributed by atoms with E-state index in [1.165, 1.54) is 18.9 Å². The maximum Gasteiger partial charge on any atom is 0.323 e. The summed E-state index contributed by atoms with van der Waals surface area (Å²) < 4.78 is 4.68. The number of thioether (sulfide) groups is 1. The molecule has 14 heavy (non-hydrogen) atoms. The van der Waals surface area contributed by atoms with Crippen molar-refractivity contribution in [1.82, 2.24) is 4.90 Å². The van der Waals surface area contributed by atoms with Crippen LogP contribution in [0.4, 0.5) is 0 Å². The van der Waals surface area contributed by atoms with Gasteiger partial charge in [0, 0.05) is 18.7 Å². The van der Waals surface area contributed by atoms with Crippen molar-refractivity contribution in [2.24, 2.45) is 0 Å². The van der Waals surface area contributed by atoms with Crippen LogP contribution in [0, 0.1) is 0 Å². The molecule has 0 aliphatic carbocycles. The van der Waals surface area contributed by atoms with Gasteiger partial charge in [-0.05, 0) is 13.5 Å². The third-order valence-corrected chi connectivity index (χ3v) is 3.32. The third kappa shape index (κ3) is 2.72. The lowest BCUT2D eigenvalue weighted by molar-refractivity contribution is -0.145. The molecule has 0 aromatic rings. The van der Waals surface area contributed by atoms with E-state index < -0.39 is 0 Å². The van der Waals surface area contributed by atoms with Gasteiger partial charge in [-0.2, -0.15) is 0 Å². The van der Waals surface area contributed by atoms with E-state index in [-0.39, 0.29) is 22.4 Å². The average molecular weight is 217 g/mol. The maximum absolute atomic E-state index is 11.3. The van der Waals surface area contributed by atoms with Crippen LogP contribution in [0.15, 0.2) is 0 Å². The van der Waals surface area contributed by atoms with Gasteiger partial charge < -0.3 is 4.74 Å². The van der Waals surface area contributed by atoms with Crippen molar-refractivity contribution in [3.8, 4) is 0 Å². The number of esters is 1. The number of nitrogens with zero attached hydrogens (tertiary/aromatic N) is 1. The first kappa shape index (κ1) is 11.5. The van der Waals surface area contributed by atoms with E-state index in [0.29, 0.717) is 6.42 Å². The molecule has 0 N–H and O–H groups in total. The number of likely N-dealkylation sites (tertiary alicyclic amines) is 1. The second kappa shape index (κ2) is 4.79. The predicted molar refractivity (Wildman–Crippen MR) is 55.1 cm³/mol. The number of rotatable bonds is 2. The van der Waals surface area contributed by atoms with Gasteiger partial charge in [0.1, 0.15) is 6.04 Å². The van der Waals surface area contributed by atoms with Crippen LogP contribution in [0.25, 0.3) is 0 Å². The molecule has 4 nitrogen and oxygen atoms in total. The summed E-state index contributed by atoms with van der Waals surface area (Å²) in [6.45, 7) is 2.32. The summed E-state index contributed by atoms with van der Waals surface area (Å²) in [5.74, 6) is -0.209. The molecule has 0 amide bonds. The second-order valence-electron chi connectivity index (χ2n) is 3.45. The minimum absolute atomic E-state index is 0.105. The van der Waals surface area contributed by atoms with Crippen LogP contribution in [-0.4, -0.2) is 48.0 Å². The SMILES string of the molecule is COC(=O)[C@@H]1C[C@H](SC(C)=O)CN1C. The normalized spacial score (nSPS) is 27.6. The zero-order valence-corrected chi connectivity index (χ0v) is 9.47. The molecule has 80 valence electrons. The Morgan fingerprint density at radius 2 is 2.14 bits per heavy atom. The Balaban J connectivity index is 2.51. The van der Waals surface area contributed by atoms with Crippen LogP contribution in [-0.2, 0) is 14.3 Å². The molecule has 0 aromatic carbocycles. The molecule has 1 fully saturated rings. The third-order valence-electron chi connectivity index (χ3n) is 2.32. The van der Waals surface area contributed by atoms with Crippen LogP contribution in [0.2, 0.25) is 0 Å². The quantitative estimate of drug-likeness (QED) is 0.631. The topological polar surface area (TPSA) is 46.6 Å². The Bertz CT molecular complexity index is 244. The van der Waals surface area contributed by atoms with Crippen molar-refractivity contribution < 1.29 is 14.3 Å². The van der Waals surface area contributed by atoms with Crippen LogP contribution in [0.1, 0.15) is 13.3 Å². The van der Waals surface area contributed by atoms with Crippen molar-refractivity contribution >= 4 is 22.8 Å². The highest BCUT2D eigenvalue weighted by Crippen LogP contribution is 2.27. The predicted octanol–water partition coefficient (Wildman–Crippen LogP) is 0.512. The molecule has 0 aromatic heterocycles. The molecule has 0 unspecified atom stereocenters. The monoisotopic (exact) mass is 217 g/mol. The van der Waals surface area contributed by atoms with E-state index in [1.807, 2.05) is 11.9 Å². The molecule has 0 saturated carbocycles. The van der Waals surface area contributed by atoms with Crippen molar-refractivity contribution in [2.45, 2.75) is 24.6 Å². The van der Waals surface area contributed by atoms with Gasteiger partial charge in [0.25, 0.3) is 0 Å². The lowest BCUT2D eigenvalue weighted by Crippen LogP contribution is -2.33. The highest BCUT2D eigenvalue weighted by atomic mass is 32.2. The van der Waals surface area contributed by atoms with Gasteiger partial charge in [-0.25, -0.2) is 0 Å². The zero-order chi connectivity index (χ0) is 10.7. The van der Waals surface area contributed by atoms with Crippen molar-refractivity contribution in [3.05, 3.63) is 0 Å². The lowest BCUT2D eigenvalue weighted by atomic mass is 10.2. The van der Waals surface area contributed by atoms with Gasteiger partial charge in [-0.15, -0.1) is 0 Å². The fourth-order valence-corrected chi connectivity index (χ4v) is 2.74. The molecule has 1 rings (SSSR count). The van der Waals surface area contributed by atoms with Gasteiger partial charge in [-0.3, -0.25) is 14.5 Å². The highest BCUT2D eigenvalue weighted by molar-refractivity contribution is 8.14. The van der Waals surface area contributed by atoms with E-state index >= 15 is 0 Å². The van der Waals surface area contributed by atoms with Crippen molar-refractivity contribution in [1.29, 1.82) is 0 Å². The molecule has 2 atom stereocenters. The summed E-state index contributed by atoms with van der Waals surface area (Å²) in [4.78, 5) is 24.1. The molecule has 1 heterocycles. The Kier molecular flexibility index (Phi) is 3.95. The number of likely N-dealkylation sites (N-methyl/N-ethyl adjacent to an activating group) is 1. The number of ether oxygens (including phenoxy) is 1. The molecule has 5 heteroatoms. The number of hydrogen-bond donors (Lipinski definition) is 0. The number of carbonyl (C=O) groups is 2. The average Bonchev–Trinajstić information content (AvgIpc) is 2.44. The van der Waals surface area contributed by atoms with Crippen LogP contribution >= 0.6 is 11.8 Å². The van der Waals surface area contributed by atoms with E-state index in [1.54, 1.807) is 6.92 Å². The first-order valence-electron chi connectivity index (χ1n) is 4.50. The largest absolute Gasteiger partial charge is 0.468 e. The number of hydrogen-bond acceptors (Lipinski definition) is 5. The van der Waals surface area contributed by atoms with Crippen LogP contribution in [0.3, 0.4) is 0 Å². The number of methoxy groups -OCH3 is 1. The summed E-state index contributed by atoms with van der Waals surface area (Å²) in [5, 5.41) is 0.329. The molecule has 0 radical (unpaired) electrons. The van der Waals surface area contributed by atoms with Crippen molar-refractivity contribution in [2.75, 3.05) is 20.7 Å². The molecule has 0 spiro atoms. The van der Waals surface area contributed by atoms with E-state index in [0.717, 1.165) is 6.54 Å². The Morgan fingerprint density at radius 1 is 1.50 bits per heavy atom. The first-order chi connectivity index (χ1) is 6.54. The summed E-state index contributed by atoms with van der Waals surface area (Å²) in [6.07, 6.45) is 0.702. The molecule has 1 aliphatic rings. The minimum atomic E-state index is -0.209. The minimum Gasteiger partial charge on any atom is -0.468 e. The summed E-state index contributed by atoms with van der Waals surface area (Å²) >= 11 is 1.31. The molecular weight excluding hydrogens is 202 g/mol. The Labute approximate surface area is 88.0 Å². The summed E-state index contributed by atoms with van der Waals surface area (Å²) in [7, 11) is 3.27.